The number of carbonyl (C=O) groups is 3. The van der Waals surface area contributed by atoms with Crippen LogP contribution in [0.2, 0.25) is 0 Å². The summed E-state index contributed by atoms with van der Waals surface area (Å²) in [7, 11) is 0. The Labute approximate surface area is 142 Å². The summed E-state index contributed by atoms with van der Waals surface area (Å²) in [6.45, 7) is 4.86. The number of nitrogens with one attached hydrogen (secondary N) is 1. The van der Waals surface area contributed by atoms with Crippen LogP contribution in [-0.2, 0) is 20.7 Å². The van der Waals surface area contributed by atoms with Crippen molar-refractivity contribution in [2.24, 2.45) is 5.73 Å². The van der Waals surface area contributed by atoms with Gasteiger partial charge in [-0.25, -0.2) is 0 Å². The van der Waals surface area contributed by atoms with E-state index >= 15 is 0 Å². The Bertz CT molecular complexity index is 760. The lowest BCUT2D eigenvalue weighted by Crippen LogP contribution is -2.31. The van der Waals surface area contributed by atoms with Crippen LogP contribution in [0.4, 0.5) is 5.00 Å². The molecule has 0 saturated carbocycles. The van der Waals surface area contributed by atoms with Gasteiger partial charge in [0.25, 0.3) is 11.8 Å². The molecule has 8 nitrogen and oxygen atoms in total. The largest absolute Gasteiger partial charge is 0.452 e. The van der Waals surface area contributed by atoms with Gasteiger partial charge in [0, 0.05) is 5.56 Å². The van der Waals surface area contributed by atoms with Gasteiger partial charge in [0.2, 0.25) is 0 Å². The summed E-state index contributed by atoms with van der Waals surface area (Å²) in [5, 5.41) is 8.23. The maximum Gasteiger partial charge on any atom is 0.311 e. The fourth-order valence-corrected chi connectivity index (χ4v) is 2.80. The lowest BCUT2D eigenvalue weighted by molar-refractivity contribution is -0.152. The number of amides is 2. The molecule has 0 radical (unpaired) electrons. The Morgan fingerprint density at radius 3 is 2.71 bits per heavy atom. The highest BCUT2D eigenvalue weighted by Gasteiger charge is 2.22. The zero-order valence-corrected chi connectivity index (χ0v) is 14.2. The smallest absolute Gasteiger partial charge is 0.311 e. The van der Waals surface area contributed by atoms with E-state index < -0.39 is 23.9 Å². The lowest BCUT2D eigenvalue weighted by atomic mass is 10.1. The third-order valence-corrected chi connectivity index (χ3v) is 4.18. The predicted octanol–water partition coefficient (Wildman–Crippen LogP) is 1.56. The molecule has 24 heavy (non-hydrogen) atoms. The first-order valence-electron chi connectivity index (χ1n) is 7.09. The molecule has 2 aromatic rings. The molecule has 0 aromatic carbocycles. The van der Waals surface area contributed by atoms with Crippen molar-refractivity contribution in [1.82, 2.24) is 5.16 Å². The summed E-state index contributed by atoms with van der Waals surface area (Å²) in [6, 6.07) is 1.51. The maximum absolute atomic E-state index is 12.1. The molecule has 0 fully saturated rings. The van der Waals surface area contributed by atoms with E-state index in [0.717, 1.165) is 11.3 Å². The van der Waals surface area contributed by atoms with Gasteiger partial charge in [-0.1, -0.05) is 5.16 Å². The van der Waals surface area contributed by atoms with Crippen LogP contribution in [0.5, 0.6) is 0 Å². The minimum atomic E-state index is -1.03. The Balaban J connectivity index is 1.95. The topological polar surface area (TPSA) is 125 Å². The van der Waals surface area contributed by atoms with Gasteiger partial charge in [-0.15, -0.1) is 11.3 Å². The van der Waals surface area contributed by atoms with Gasteiger partial charge in [-0.3, -0.25) is 14.4 Å². The van der Waals surface area contributed by atoms with E-state index in [0.29, 0.717) is 22.0 Å². The molecule has 0 bridgehead atoms. The zero-order valence-electron chi connectivity index (χ0n) is 13.4. The highest BCUT2D eigenvalue weighted by atomic mass is 32.1. The number of ether oxygens (including phenoxy) is 1. The Morgan fingerprint density at radius 1 is 1.42 bits per heavy atom. The minimum absolute atomic E-state index is 0.0374. The number of aryl methyl sites for hydroxylation is 2. The number of hydrogen-bond acceptors (Lipinski definition) is 7. The molecule has 0 aliphatic carbocycles. The average molecular weight is 351 g/mol. The van der Waals surface area contributed by atoms with Crippen LogP contribution >= 0.6 is 11.3 Å². The molecule has 2 heterocycles. The fourth-order valence-electron chi connectivity index (χ4n) is 2.00. The monoisotopic (exact) mass is 351 g/mol. The third kappa shape index (κ3) is 3.99. The second-order valence-electron chi connectivity index (χ2n) is 5.13. The van der Waals surface area contributed by atoms with Crippen LogP contribution in [0, 0.1) is 13.8 Å². The van der Waals surface area contributed by atoms with Crippen molar-refractivity contribution in [3.63, 3.8) is 0 Å². The molecular formula is C15H17N3O5S. The maximum atomic E-state index is 12.1. The molecule has 0 aliphatic heterocycles. The fraction of sp³-hybridized carbons (Fsp3) is 0.333. The molecule has 1 atom stereocenters. The van der Waals surface area contributed by atoms with E-state index in [4.69, 9.17) is 15.0 Å². The number of thiophene rings is 1. The molecular weight excluding hydrogens is 334 g/mol. The first-order chi connectivity index (χ1) is 11.3. The molecule has 2 aromatic heterocycles. The number of rotatable bonds is 6. The molecule has 9 heteroatoms. The van der Waals surface area contributed by atoms with Crippen LogP contribution in [0.3, 0.4) is 0 Å². The third-order valence-electron chi connectivity index (χ3n) is 3.35. The first-order valence-corrected chi connectivity index (χ1v) is 7.97. The second kappa shape index (κ2) is 7.26. The van der Waals surface area contributed by atoms with Gasteiger partial charge in [0.15, 0.2) is 6.10 Å². The zero-order chi connectivity index (χ0) is 17.9. The van der Waals surface area contributed by atoms with E-state index in [1.165, 1.54) is 13.0 Å². The highest BCUT2D eigenvalue weighted by molar-refractivity contribution is 7.14. The van der Waals surface area contributed by atoms with E-state index in [1.54, 1.807) is 19.2 Å². The summed E-state index contributed by atoms with van der Waals surface area (Å²) in [6.07, 6.45) is -1.06. The van der Waals surface area contributed by atoms with Crippen LogP contribution in [0.25, 0.3) is 0 Å². The van der Waals surface area contributed by atoms with Gasteiger partial charge >= 0.3 is 5.97 Å². The van der Waals surface area contributed by atoms with Crippen molar-refractivity contribution >= 4 is 34.1 Å². The SMILES string of the molecule is Cc1noc(C)c1CC(=O)O[C@H](C)C(=O)Nc1sccc1C(N)=O. The van der Waals surface area contributed by atoms with Gasteiger partial charge in [-0.05, 0) is 32.2 Å². The second-order valence-corrected chi connectivity index (χ2v) is 6.04. The molecule has 0 aliphatic rings. The van der Waals surface area contributed by atoms with Crippen LogP contribution in [0.15, 0.2) is 16.0 Å². The summed E-state index contributed by atoms with van der Waals surface area (Å²) in [5.74, 6) is -1.23. The van der Waals surface area contributed by atoms with E-state index in [2.05, 4.69) is 10.5 Å². The molecule has 0 spiro atoms. The molecule has 0 unspecified atom stereocenters. The number of nitrogens with zero attached hydrogens (tertiary/aromatic N) is 1. The van der Waals surface area contributed by atoms with Gasteiger partial charge < -0.3 is 20.3 Å². The quantitative estimate of drug-likeness (QED) is 0.761. The van der Waals surface area contributed by atoms with Crippen molar-refractivity contribution in [2.45, 2.75) is 33.3 Å². The number of primary amides is 1. The van der Waals surface area contributed by atoms with Crippen LogP contribution in [0.1, 0.15) is 34.3 Å². The van der Waals surface area contributed by atoms with Crippen molar-refractivity contribution in [2.75, 3.05) is 5.32 Å². The molecule has 3 N–H and O–H groups in total. The number of esters is 1. The Kier molecular flexibility index (Phi) is 5.35. The first kappa shape index (κ1) is 17.7. The summed E-state index contributed by atoms with van der Waals surface area (Å²) in [5.41, 5.74) is 6.67. The van der Waals surface area contributed by atoms with Gasteiger partial charge in [0.05, 0.1) is 17.7 Å². The summed E-state index contributed by atoms with van der Waals surface area (Å²) >= 11 is 1.16. The Morgan fingerprint density at radius 2 is 2.12 bits per heavy atom. The van der Waals surface area contributed by atoms with Crippen molar-refractivity contribution in [3.05, 3.63) is 34.0 Å². The van der Waals surface area contributed by atoms with Crippen molar-refractivity contribution < 1.29 is 23.6 Å². The molecule has 0 saturated heterocycles. The summed E-state index contributed by atoms with van der Waals surface area (Å²) in [4.78, 5) is 35.3. The van der Waals surface area contributed by atoms with Crippen molar-refractivity contribution in [1.29, 1.82) is 0 Å². The molecule has 2 amide bonds. The number of hydrogen-bond donors (Lipinski definition) is 2. The number of nitrogens with two attached hydrogens (primary N) is 1. The van der Waals surface area contributed by atoms with Gasteiger partial charge in [-0.2, -0.15) is 0 Å². The summed E-state index contributed by atoms with van der Waals surface area (Å²) < 4.78 is 10.1. The van der Waals surface area contributed by atoms with Gasteiger partial charge in [0.1, 0.15) is 10.8 Å². The number of anilines is 1. The Hall–Kier alpha value is -2.68. The normalized spacial score (nSPS) is 11.8. The highest BCUT2D eigenvalue weighted by Crippen LogP contribution is 2.23. The van der Waals surface area contributed by atoms with E-state index in [-0.39, 0.29) is 12.0 Å². The predicted molar refractivity (Wildman–Crippen MR) is 86.7 cm³/mol. The lowest BCUT2D eigenvalue weighted by Gasteiger charge is -2.13. The van der Waals surface area contributed by atoms with Crippen LogP contribution < -0.4 is 11.1 Å². The van der Waals surface area contributed by atoms with E-state index in [1.807, 2.05) is 0 Å². The molecule has 128 valence electrons. The van der Waals surface area contributed by atoms with E-state index in [9.17, 15) is 14.4 Å². The number of carbonyl (C=O) groups excluding carboxylic acids is 3. The minimum Gasteiger partial charge on any atom is -0.452 e. The standard InChI is InChI=1S/C15H17N3O5S/c1-7-11(8(2)23-18-7)6-12(19)22-9(3)14(21)17-15-10(13(16)20)4-5-24-15/h4-5,9H,6H2,1-3H3,(H2,16,20)(H,17,21)/t9-/m1/s1. The van der Waals surface area contributed by atoms with Crippen LogP contribution in [-0.4, -0.2) is 29.0 Å². The number of aromatic nitrogens is 1. The molecule has 2 rings (SSSR count). The van der Waals surface area contributed by atoms with Crippen molar-refractivity contribution in [3.8, 4) is 0 Å². The average Bonchev–Trinajstić information content (AvgIpc) is 3.09.